The molecule has 0 aliphatic heterocycles. The number of alkyl halides is 2. The lowest BCUT2D eigenvalue weighted by Gasteiger charge is -2.62. The predicted octanol–water partition coefficient (Wildman–Crippen LogP) is 5.83. The van der Waals surface area contributed by atoms with Crippen molar-refractivity contribution in [1.82, 2.24) is 0 Å². The van der Waals surface area contributed by atoms with Crippen molar-refractivity contribution >= 4 is 23.2 Å². The van der Waals surface area contributed by atoms with Crippen LogP contribution in [0.25, 0.3) is 10.4 Å². The van der Waals surface area contributed by atoms with Crippen molar-refractivity contribution in [2.24, 2.45) is 22.9 Å². The van der Waals surface area contributed by atoms with Gasteiger partial charge in [-0.1, -0.05) is 35.4 Å². The highest BCUT2D eigenvalue weighted by Crippen LogP contribution is 2.67. The van der Waals surface area contributed by atoms with E-state index in [4.69, 9.17) is 28.7 Å². The van der Waals surface area contributed by atoms with Crippen LogP contribution >= 0.6 is 23.2 Å². The van der Waals surface area contributed by atoms with Crippen molar-refractivity contribution < 1.29 is 0 Å². The van der Waals surface area contributed by atoms with E-state index in [1.807, 2.05) is 30.3 Å². The van der Waals surface area contributed by atoms with Crippen LogP contribution in [0.3, 0.4) is 0 Å². The third-order valence-electron chi connectivity index (χ3n) is 5.92. The zero-order valence-corrected chi connectivity index (χ0v) is 13.8. The van der Waals surface area contributed by atoms with Crippen LogP contribution in [0.1, 0.15) is 43.7 Å². The van der Waals surface area contributed by atoms with E-state index in [-0.39, 0.29) is 21.7 Å². The lowest BCUT2D eigenvalue weighted by atomic mass is 9.49. The number of hydrogen-bond acceptors (Lipinski definition) is 1. The van der Waals surface area contributed by atoms with E-state index in [2.05, 4.69) is 10.0 Å². The van der Waals surface area contributed by atoms with E-state index >= 15 is 0 Å². The number of azide groups is 1. The van der Waals surface area contributed by atoms with E-state index in [9.17, 15) is 0 Å². The van der Waals surface area contributed by atoms with E-state index in [0.717, 1.165) is 31.2 Å². The summed E-state index contributed by atoms with van der Waals surface area (Å²) in [5.41, 5.74) is 10.1. The Bertz CT molecular complexity index is 630. The van der Waals surface area contributed by atoms with Gasteiger partial charge in [0.25, 0.3) is 0 Å². The quantitative estimate of drug-likeness (QED) is 0.288. The molecule has 116 valence electrons. The third kappa shape index (κ3) is 2.22. The average Bonchev–Trinajstić information content (AvgIpc) is 2.44. The third-order valence-corrected chi connectivity index (χ3v) is 6.90. The second-order valence-corrected chi connectivity index (χ2v) is 8.98. The van der Waals surface area contributed by atoms with Gasteiger partial charge in [-0.2, -0.15) is 0 Å². The summed E-state index contributed by atoms with van der Waals surface area (Å²) in [6.07, 6.45) is 5.13. The molecule has 22 heavy (non-hydrogen) atoms. The molecule has 4 bridgehead atoms. The molecule has 0 heterocycles. The van der Waals surface area contributed by atoms with Gasteiger partial charge in [0.2, 0.25) is 0 Å². The van der Waals surface area contributed by atoms with E-state index in [1.165, 1.54) is 6.42 Å². The minimum Gasteiger partial charge on any atom is -0.119 e. The van der Waals surface area contributed by atoms with Gasteiger partial charge in [-0.05, 0) is 61.0 Å². The Labute approximate surface area is 140 Å². The Morgan fingerprint density at radius 1 is 1.18 bits per heavy atom. The molecule has 1 aromatic carbocycles. The molecule has 5 heteroatoms. The van der Waals surface area contributed by atoms with Crippen molar-refractivity contribution in [2.75, 3.05) is 0 Å². The van der Waals surface area contributed by atoms with Crippen LogP contribution in [0.15, 0.2) is 35.4 Å². The molecule has 3 nitrogen and oxygen atoms in total. The average molecular weight is 336 g/mol. The largest absolute Gasteiger partial charge is 0.119 e. The SMILES string of the molecule is [N-]=[N+]=N[C@@H](c1ccccc1)C1C2CC3CC(Cl)(C2)C[C@@]1(Cl)C3. The molecule has 6 atom stereocenters. The zero-order chi connectivity index (χ0) is 15.4. The monoisotopic (exact) mass is 335 g/mol. The van der Waals surface area contributed by atoms with Gasteiger partial charge in [-0.25, -0.2) is 0 Å². The van der Waals surface area contributed by atoms with Crippen LogP contribution in [0.4, 0.5) is 0 Å². The maximum absolute atomic E-state index is 9.08. The summed E-state index contributed by atoms with van der Waals surface area (Å²) in [4.78, 5) is 2.68. The van der Waals surface area contributed by atoms with E-state index in [1.54, 1.807) is 0 Å². The molecule has 5 rings (SSSR count). The standard InChI is InChI=1S/C17H19Cl2N3/c18-16-7-11-6-13(9-16)14(17(19,8-11)10-16)15(21-22-20)12-4-2-1-3-5-12/h1-5,11,13-15H,6-10H2/t11?,13?,14?,15-,16?,17-/m0/s1. The summed E-state index contributed by atoms with van der Waals surface area (Å²) in [7, 11) is 0. The molecule has 4 fully saturated rings. The van der Waals surface area contributed by atoms with Gasteiger partial charge in [0, 0.05) is 9.79 Å². The second-order valence-electron chi connectivity index (χ2n) is 7.42. The first-order valence-corrected chi connectivity index (χ1v) is 8.76. The van der Waals surface area contributed by atoms with Gasteiger partial charge < -0.3 is 0 Å². The fourth-order valence-electron chi connectivity index (χ4n) is 5.59. The molecule has 0 saturated heterocycles. The maximum Gasteiger partial charge on any atom is 0.0672 e. The number of benzene rings is 1. The van der Waals surface area contributed by atoms with Gasteiger partial charge in [-0.15, -0.1) is 23.2 Å². The maximum atomic E-state index is 9.08. The van der Waals surface area contributed by atoms with Gasteiger partial charge in [0.15, 0.2) is 0 Å². The predicted molar refractivity (Wildman–Crippen MR) is 89.1 cm³/mol. The Kier molecular flexibility index (Phi) is 3.38. The Balaban J connectivity index is 1.76. The summed E-state index contributed by atoms with van der Waals surface area (Å²) in [6, 6.07) is 9.87. The fraction of sp³-hybridized carbons (Fsp3) is 0.647. The molecule has 0 radical (unpaired) electrons. The molecule has 0 spiro atoms. The summed E-state index contributed by atoms with van der Waals surface area (Å²) < 4.78 is 0. The van der Waals surface area contributed by atoms with E-state index < -0.39 is 0 Å². The van der Waals surface area contributed by atoms with Crippen LogP contribution in [-0.4, -0.2) is 9.75 Å². The fourth-order valence-corrected chi connectivity index (χ4v) is 7.08. The van der Waals surface area contributed by atoms with Crippen LogP contribution in [0, 0.1) is 17.8 Å². The minimum atomic E-state index is -0.319. The van der Waals surface area contributed by atoms with Gasteiger partial charge in [-0.3, -0.25) is 0 Å². The minimum absolute atomic E-state index is 0.123. The Hall–Kier alpha value is -0.890. The van der Waals surface area contributed by atoms with Crippen molar-refractivity contribution in [3.8, 4) is 0 Å². The van der Waals surface area contributed by atoms with Crippen molar-refractivity contribution in [3.63, 3.8) is 0 Å². The molecule has 4 aliphatic rings. The molecule has 0 aromatic heterocycles. The highest BCUT2D eigenvalue weighted by atomic mass is 35.5. The highest BCUT2D eigenvalue weighted by Gasteiger charge is 2.63. The van der Waals surface area contributed by atoms with Gasteiger partial charge in [0.1, 0.15) is 0 Å². The lowest BCUT2D eigenvalue weighted by Crippen LogP contribution is -2.60. The van der Waals surface area contributed by atoms with Crippen LogP contribution in [-0.2, 0) is 0 Å². The topological polar surface area (TPSA) is 48.8 Å². The molecule has 1 aromatic rings. The molecule has 4 saturated carbocycles. The van der Waals surface area contributed by atoms with Gasteiger partial charge >= 0.3 is 0 Å². The Morgan fingerprint density at radius 2 is 1.95 bits per heavy atom. The molecule has 4 aliphatic carbocycles. The summed E-state index contributed by atoms with van der Waals surface area (Å²) in [5, 5.41) is 4.16. The first-order chi connectivity index (χ1) is 10.5. The number of rotatable bonds is 3. The second kappa shape index (κ2) is 5.06. The highest BCUT2D eigenvalue weighted by molar-refractivity contribution is 6.28. The van der Waals surface area contributed by atoms with Crippen molar-refractivity contribution in [1.29, 1.82) is 0 Å². The van der Waals surface area contributed by atoms with Crippen molar-refractivity contribution in [2.45, 2.75) is 47.9 Å². The molecule has 0 N–H and O–H groups in total. The molecule has 4 unspecified atom stereocenters. The van der Waals surface area contributed by atoms with Gasteiger partial charge in [0.05, 0.1) is 10.9 Å². The zero-order valence-electron chi connectivity index (χ0n) is 12.3. The summed E-state index contributed by atoms with van der Waals surface area (Å²) in [6.45, 7) is 0. The first kappa shape index (κ1) is 14.7. The first-order valence-electron chi connectivity index (χ1n) is 8.00. The summed E-state index contributed by atoms with van der Waals surface area (Å²) in [5.74, 6) is 1.30. The van der Waals surface area contributed by atoms with Crippen LogP contribution in [0.2, 0.25) is 0 Å². The normalized spacial score (nSPS) is 43.6. The Morgan fingerprint density at radius 3 is 2.59 bits per heavy atom. The van der Waals surface area contributed by atoms with E-state index in [0.29, 0.717) is 11.8 Å². The number of nitrogens with zero attached hydrogens (tertiary/aromatic N) is 3. The lowest BCUT2D eigenvalue weighted by molar-refractivity contribution is -0.0186. The van der Waals surface area contributed by atoms with Crippen molar-refractivity contribution in [3.05, 3.63) is 46.3 Å². The smallest absolute Gasteiger partial charge is 0.0672 e. The van der Waals surface area contributed by atoms with Crippen LogP contribution < -0.4 is 0 Å². The number of halogens is 2. The van der Waals surface area contributed by atoms with Crippen LogP contribution in [0.5, 0.6) is 0 Å². The molecule has 0 amide bonds. The molecular weight excluding hydrogens is 317 g/mol. The number of hydrogen-bond donors (Lipinski definition) is 0. The molecular formula is C17H19Cl2N3. The summed E-state index contributed by atoms with van der Waals surface area (Å²) >= 11 is 13.9.